The van der Waals surface area contributed by atoms with Crippen molar-refractivity contribution in [2.75, 3.05) is 13.1 Å². The number of hydrogen-bond acceptors (Lipinski definition) is 4. The summed E-state index contributed by atoms with van der Waals surface area (Å²) in [7, 11) is 0. The van der Waals surface area contributed by atoms with E-state index in [1.807, 2.05) is 24.7 Å². The molecule has 1 aliphatic rings. The highest BCUT2D eigenvalue weighted by atomic mass is 15.2. The van der Waals surface area contributed by atoms with Crippen molar-refractivity contribution >= 4 is 0 Å². The van der Waals surface area contributed by atoms with Crippen LogP contribution in [0.3, 0.4) is 0 Å². The number of rotatable bonds is 6. The molecule has 0 aromatic carbocycles. The number of nitrogens with zero attached hydrogens (tertiary/aromatic N) is 4. The second-order valence-electron chi connectivity index (χ2n) is 6.61. The van der Waals surface area contributed by atoms with E-state index in [1.165, 1.54) is 18.4 Å². The molecule has 5 heteroatoms. The van der Waals surface area contributed by atoms with Gasteiger partial charge in [0.25, 0.3) is 0 Å². The smallest absolute Gasteiger partial charge is 0.105 e. The molecule has 5 nitrogen and oxygen atoms in total. The Morgan fingerprint density at radius 3 is 2.78 bits per heavy atom. The molecule has 1 aliphatic heterocycles. The molecule has 0 bridgehead atoms. The first-order valence-corrected chi connectivity index (χ1v) is 8.56. The van der Waals surface area contributed by atoms with Crippen LogP contribution in [-0.4, -0.2) is 44.6 Å². The van der Waals surface area contributed by atoms with Crippen molar-refractivity contribution in [3.63, 3.8) is 0 Å². The normalized spacial score (nSPS) is 18.2. The number of aryl methyl sites for hydroxylation is 1. The molecule has 1 N–H and O–H groups in total. The average Bonchev–Trinajstić information content (AvgIpc) is 2.95. The number of nitrogens with one attached hydrogen (secondary N) is 1. The molecule has 1 saturated heterocycles. The fourth-order valence-corrected chi connectivity index (χ4v) is 3.35. The Morgan fingerprint density at radius 1 is 1.30 bits per heavy atom. The van der Waals surface area contributed by atoms with E-state index < -0.39 is 0 Å². The summed E-state index contributed by atoms with van der Waals surface area (Å²) in [5, 5.41) is 3.78. The lowest BCUT2D eigenvalue weighted by Crippen LogP contribution is -2.46. The standard InChI is InChI=1S/C18H27N5/c1-15(13-23-11-8-20-16(23)2)21-18-5-9-22(10-6-18)14-17-4-3-7-19-12-17/h3-4,7-8,11-12,15,18,21H,5-6,9-10,13-14H2,1-2H3/t15-/m0/s1. The molecule has 1 atom stereocenters. The summed E-state index contributed by atoms with van der Waals surface area (Å²) < 4.78 is 2.22. The monoisotopic (exact) mass is 313 g/mol. The Bertz CT molecular complexity index is 586. The fourth-order valence-electron chi connectivity index (χ4n) is 3.35. The summed E-state index contributed by atoms with van der Waals surface area (Å²) in [5.74, 6) is 1.09. The molecule has 23 heavy (non-hydrogen) atoms. The second-order valence-corrected chi connectivity index (χ2v) is 6.61. The summed E-state index contributed by atoms with van der Waals surface area (Å²) in [4.78, 5) is 11.0. The second kappa shape index (κ2) is 7.70. The van der Waals surface area contributed by atoms with Gasteiger partial charge in [-0.1, -0.05) is 6.07 Å². The van der Waals surface area contributed by atoms with E-state index >= 15 is 0 Å². The summed E-state index contributed by atoms with van der Waals surface area (Å²) in [5.41, 5.74) is 1.31. The lowest BCUT2D eigenvalue weighted by Gasteiger charge is -2.34. The van der Waals surface area contributed by atoms with Gasteiger partial charge in [0.15, 0.2) is 0 Å². The minimum atomic E-state index is 0.470. The van der Waals surface area contributed by atoms with Crippen LogP contribution in [0.1, 0.15) is 31.2 Å². The first kappa shape index (κ1) is 16.1. The Hall–Kier alpha value is -1.72. The molecule has 0 spiro atoms. The molecule has 0 amide bonds. The van der Waals surface area contributed by atoms with Crippen LogP contribution in [-0.2, 0) is 13.1 Å². The maximum atomic E-state index is 4.29. The highest BCUT2D eigenvalue weighted by Crippen LogP contribution is 2.14. The van der Waals surface area contributed by atoms with Gasteiger partial charge < -0.3 is 9.88 Å². The van der Waals surface area contributed by atoms with Gasteiger partial charge in [-0.2, -0.15) is 0 Å². The van der Waals surface area contributed by atoms with E-state index in [0.29, 0.717) is 12.1 Å². The number of imidazole rings is 1. The maximum Gasteiger partial charge on any atom is 0.105 e. The molecule has 0 unspecified atom stereocenters. The van der Waals surface area contributed by atoms with Crippen molar-refractivity contribution in [2.45, 2.75) is 51.9 Å². The molecule has 0 aliphatic carbocycles. The van der Waals surface area contributed by atoms with Gasteiger partial charge in [-0.05, 0) is 51.4 Å². The zero-order valence-corrected chi connectivity index (χ0v) is 14.2. The van der Waals surface area contributed by atoms with E-state index in [1.54, 1.807) is 0 Å². The van der Waals surface area contributed by atoms with Crippen LogP contribution >= 0.6 is 0 Å². The van der Waals surface area contributed by atoms with Crippen molar-refractivity contribution in [3.05, 3.63) is 48.3 Å². The van der Waals surface area contributed by atoms with E-state index in [0.717, 1.165) is 32.0 Å². The van der Waals surface area contributed by atoms with E-state index in [2.05, 4.69) is 50.9 Å². The average molecular weight is 313 g/mol. The molecule has 2 aromatic heterocycles. The highest BCUT2D eigenvalue weighted by Gasteiger charge is 2.20. The minimum Gasteiger partial charge on any atom is -0.334 e. The summed E-state index contributed by atoms with van der Waals surface area (Å²) in [6.45, 7) is 8.64. The van der Waals surface area contributed by atoms with Gasteiger partial charge in [0.2, 0.25) is 0 Å². The molecule has 3 heterocycles. The molecular formula is C18H27N5. The number of likely N-dealkylation sites (tertiary alicyclic amines) is 1. The van der Waals surface area contributed by atoms with Gasteiger partial charge in [0.05, 0.1) is 0 Å². The van der Waals surface area contributed by atoms with Crippen LogP contribution in [0.15, 0.2) is 36.9 Å². The van der Waals surface area contributed by atoms with Gasteiger partial charge >= 0.3 is 0 Å². The van der Waals surface area contributed by atoms with Crippen molar-refractivity contribution < 1.29 is 0 Å². The Morgan fingerprint density at radius 2 is 2.13 bits per heavy atom. The largest absolute Gasteiger partial charge is 0.334 e. The molecule has 1 fully saturated rings. The van der Waals surface area contributed by atoms with Crippen molar-refractivity contribution in [3.8, 4) is 0 Å². The summed E-state index contributed by atoms with van der Waals surface area (Å²) >= 11 is 0. The third-order valence-corrected chi connectivity index (χ3v) is 4.63. The molecule has 2 aromatic rings. The Labute approximate surface area is 138 Å². The number of aromatic nitrogens is 3. The number of hydrogen-bond donors (Lipinski definition) is 1. The van der Waals surface area contributed by atoms with Gasteiger partial charge in [-0.15, -0.1) is 0 Å². The first-order valence-electron chi connectivity index (χ1n) is 8.56. The molecule has 0 radical (unpaired) electrons. The molecule has 3 rings (SSSR count). The third-order valence-electron chi connectivity index (χ3n) is 4.63. The van der Waals surface area contributed by atoms with Crippen LogP contribution in [0, 0.1) is 6.92 Å². The first-order chi connectivity index (χ1) is 11.2. The third kappa shape index (κ3) is 4.62. The maximum absolute atomic E-state index is 4.29. The lowest BCUT2D eigenvalue weighted by molar-refractivity contribution is 0.183. The van der Waals surface area contributed by atoms with Crippen LogP contribution in [0.4, 0.5) is 0 Å². The zero-order chi connectivity index (χ0) is 16.1. The van der Waals surface area contributed by atoms with Gasteiger partial charge in [0, 0.05) is 50.0 Å². The van der Waals surface area contributed by atoms with Crippen LogP contribution in [0.25, 0.3) is 0 Å². The van der Waals surface area contributed by atoms with Gasteiger partial charge in [-0.25, -0.2) is 4.98 Å². The highest BCUT2D eigenvalue weighted by molar-refractivity contribution is 5.08. The minimum absolute atomic E-state index is 0.470. The SMILES string of the molecule is Cc1nccn1C[C@H](C)NC1CCN(Cc2cccnc2)CC1. The Kier molecular flexibility index (Phi) is 5.41. The van der Waals surface area contributed by atoms with Gasteiger partial charge in [-0.3, -0.25) is 9.88 Å². The van der Waals surface area contributed by atoms with E-state index in [4.69, 9.17) is 0 Å². The zero-order valence-electron chi connectivity index (χ0n) is 14.2. The predicted octanol–water partition coefficient (Wildman–Crippen LogP) is 2.23. The fraction of sp³-hybridized carbons (Fsp3) is 0.556. The Balaban J connectivity index is 1.41. The van der Waals surface area contributed by atoms with Crippen molar-refractivity contribution in [1.82, 2.24) is 24.8 Å². The van der Waals surface area contributed by atoms with E-state index in [9.17, 15) is 0 Å². The van der Waals surface area contributed by atoms with E-state index in [-0.39, 0.29) is 0 Å². The molecular weight excluding hydrogens is 286 g/mol. The van der Waals surface area contributed by atoms with Crippen LogP contribution < -0.4 is 5.32 Å². The van der Waals surface area contributed by atoms with Crippen molar-refractivity contribution in [2.24, 2.45) is 0 Å². The molecule has 124 valence electrons. The van der Waals surface area contributed by atoms with Crippen LogP contribution in [0.5, 0.6) is 0 Å². The summed E-state index contributed by atoms with van der Waals surface area (Å²) in [6.07, 6.45) is 10.2. The van der Waals surface area contributed by atoms with Crippen molar-refractivity contribution in [1.29, 1.82) is 0 Å². The lowest BCUT2D eigenvalue weighted by atomic mass is 10.0. The summed E-state index contributed by atoms with van der Waals surface area (Å²) in [6, 6.07) is 5.27. The number of piperidine rings is 1. The predicted molar refractivity (Wildman–Crippen MR) is 92.1 cm³/mol. The molecule has 0 saturated carbocycles. The quantitative estimate of drug-likeness (QED) is 0.888. The van der Waals surface area contributed by atoms with Gasteiger partial charge in [0.1, 0.15) is 5.82 Å². The topological polar surface area (TPSA) is 46.0 Å². The van der Waals surface area contributed by atoms with Crippen LogP contribution in [0.2, 0.25) is 0 Å². The number of pyridine rings is 1.